The first-order valence-electron chi connectivity index (χ1n) is 7.08. The number of pyridine rings is 1. The van der Waals surface area contributed by atoms with Crippen molar-refractivity contribution in [2.24, 2.45) is 0 Å². The largest absolute Gasteiger partial charge is 0.392 e. The van der Waals surface area contributed by atoms with E-state index in [1.165, 1.54) is 6.20 Å². The number of nitrogens with zero attached hydrogens (tertiary/aromatic N) is 2. The van der Waals surface area contributed by atoms with Gasteiger partial charge in [0.2, 0.25) is 0 Å². The molecular weight excluding hydrogens is 327 g/mol. The van der Waals surface area contributed by atoms with Crippen molar-refractivity contribution < 1.29 is 9.90 Å². The molecule has 1 aromatic heterocycles. The van der Waals surface area contributed by atoms with Crippen molar-refractivity contribution in [3.8, 4) is 0 Å². The highest BCUT2D eigenvalue weighted by Crippen LogP contribution is 2.21. The van der Waals surface area contributed by atoms with E-state index in [0.29, 0.717) is 35.5 Å². The summed E-state index contributed by atoms with van der Waals surface area (Å²) in [6.07, 6.45) is 0.931. The number of hydrogen-bond acceptors (Lipinski definition) is 4. The van der Waals surface area contributed by atoms with Crippen LogP contribution in [0.25, 0.3) is 0 Å². The average molecular weight is 349 g/mol. The van der Waals surface area contributed by atoms with E-state index in [2.05, 4.69) is 15.6 Å². The Labute approximate surface area is 140 Å². The summed E-state index contributed by atoms with van der Waals surface area (Å²) >= 11 is 11.8. The van der Waals surface area contributed by atoms with Crippen LogP contribution in [0.1, 0.15) is 20.8 Å². The van der Waals surface area contributed by atoms with Crippen LogP contribution in [-0.2, 0) is 0 Å². The van der Waals surface area contributed by atoms with E-state index in [4.69, 9.17) is 23.2 Å². The van der Waals surface area contributed by atoms with Gasteiger partial charge in [-0.15, -0.1) is 0 Å². The van der Waals surface area contributed by atoms with Crippen LogP contribution in [0.5, 0.6) is 0 Å². The zero-order valence-corrected chi connectivity index (χ0v) is 14.4. The molecule has 8 heteroatoms. The summed E-state index contributed by atoms with van der Waals surface area (Å²) in [6.45, 7) is 6.62. The average Bonchev–Trinajstić information content (AvgIpc) is 2.42. The molecular formula is C14H22Cl2N4O2. The molecule has 1 heterocycles. The van der Waals surface area contributed by atoms with Crippen LogP contribution in [0.3, 0.4) is 0 Å². The fourth-order valence-electron chi connectivity index (χ4n) is 1.81. The van der Waals surface area contributed by atoms with Gasteiger partial charge >= 0.3 is 6.03 Å². The maximum atomic E-state index is 12.1. The highest BCUT2D eigenvalue weighted by Gasteiger charge is 2.17. The summed E-state index contributed by atoms with van der Waals surface area (Å²) in [4.78, 5) is 17.7. The van der Waals surface area contributed by atoms with Gasteiger partial charge in [-0.1, -0.05) is 23.2 Å². The third-order valence-electron chi connectivity index (χ3n) is 2.85. The first-order chi connectivity index (χ1) is 10.3. The second kappa shape index (κ2) is 9.02. The number of halogens is 2. The molecule has 6 nitrogen and oxygen atoms in total. The van der Waals surface area contributed by atoms with Gasteiger partial charge in [0, 0.05) is 31.9 Å². The van der Waals surface area contributed by atoms with Crippen LogP contribution in [0, 0.1) is 0 Å². The van der Waals surface area contributed by atoms with Crippen LogP contribution >= 0.6 is 23.2 Å². The van der Waals surface area contributed by atoms with Gasteiger partial charge in [-0.05, 0) is 26.8 Å². The summed E-state index contributed by atoms with van der Waals surface area (Å²) in [5, 5.41) is 16.1. The van der Waals surface area contributed by atoms with E-state index in [1.807, 2.05) is 13.8 Å². The Morgan fingerprint density at radius 3 is 2.59 bits per heavy atom. The van der Waals surface area contributed by atoms with Crippen LogP contribution in [0.15, 0.2) is 12.3 Å². The molecule has 1 atom stereocenters. The minimum Gasteiger partial charge on any atom is -0.392 e. The van der Waals surface area contributed by atoms with E-state index in [-0.39, 0.29) is 12.1 Å². The summed E-state index contributed by atoms with van der Waals surface area (Å²) in [7, 11) is 0. The number of aliphatic hydroxyl groups excluding tert-OH is 1. The van der Waals surface area contributed by atoms with Gasteiger partial charge in [0.1, 0.15) is 5.82 Å². The number of aromatic nitrogens is 1. The molecule has 1 unspecified atom stereocenters. The molecule has 0 saturated heterocycles. The van der Waals surface area contributed by atoms with Gasteiger partial charge in [0.25, 0.3) is 0 Å². The highest BCUT2D eigenvalue weighted by atomic mass is 35.5. The smallest absolute Gasteiger partial charge is 0.317 e. The standard InChI is InChI=1S/C14H22Cl2N4O2/c1-9(2)20(8-10(3)21)14(22)18-5-4-17-13-12(16)6-11(15)7-19-13/h6-7,9-10,21H,4-5,8H2,1-3H3,(H,17,19)(H,18,22). The molecule has 0 bridgehead atoms. The SMILES string of the molecule is CC(O)CN(C(=O)NCCNc1ncc(Cl)cc1Cl)C(C)C. The summed E-state index contributed by atoms with van der Waals surface area (Å²) in [5.74, 6) is 0.519. The van der Waals surface area contributed by atoms with Gasteiger partial charge in [0.05, 0.1) is 16.1 Å². The topological polar surface area (TPSA) is 77.5 Å². The lowest BCUT2D eigenvalue weighted by molar-refractivity contribution is 0.119. The predicted octanol–water partition coefficient (Wildman–Crippen LogP) is 2.60. The van der Waals surface area contributed by atoms with Crippen LogP contribution in [-0.4, -0.2) is 52.8 Å². The first-order valence-corrected chi connectivity index (χ1v) is 7.84. The molecule has 0 aliphatic heterocycles. The second-order valence-corrected chi connectivity index (χ2v) is 6.08. The second-order valence-electron chi connectivity index (χ2n) is 5.24. The Hall–Kier alpha value is -1.24. The van der Waals surface area contributed by atoms with E-state index in [9.17, 15) is 9.90 Å². The molecule has 124 valence electrons. The summed E-state index contributed by atoms with van der Waals surface area (Å²) < 4.78 is 0. The molecule has 0 aromatic carbocycles. The molecule has 0 spiro atoms. The monoisotopic (exact) mass is 348 g/mol. The number of nitrogens with one attached hydrogen (secondary N) is 2. The molecule has 1 rings (SSSR count). The van der Waals surface area contributed by atoms with Crippen molar-refractivity contribution in [3.63, 3.8) is 0 Å². The lowest BCUT2D eigenvalue weighted by Gasteiger charge is -2.28. The number of rotatable bonds is 7. The Balaban J connectivity index is 2.40. The number of carbonyl (C=O) groups is 1. The number of hydrogen-bond donors (Lipinski definition) is 3. The summed E-state index contributed by atoms with van der Waals surface area (Å²) in [6, 6.07) is 1.39. The fraction of sp³-hybridized carbons (Fsp3) is 0.571. The lowest BCUT2D eigenvalue weighted by atomic mass is 10.3. The van der Waals surface area contributed by atoms with Crippen molar-refractivity contribution in [2.45, 2.75) is 32.9 Å². The number of anilines is 1. The number of amides is 2. The van der Waals surface area contributed by atoms with E-state index in [1.54, 1.807) is 17.9 Å². The Morgan fingerprint density at radius 1 is 1.36 bits per heavy atom. The third kappa shape index (κ3) is 6.25. The number of aliphatic hydroxyl groups is 1. The Morgan fingerprint density at radius 2 is 2.05 bits per heavy atom. The molecule has 0 radical (unpaired) electrons. The minimum atomic E-state index is -0.566. The van der Waals surface area contributed by atoms with Crippen molar-refractivity contribution in [2.75, 3.05) is 25.0 Å². The molecule has 0 aliphatic carbocycles. The quantitative estimate of drug-likeness (QED) is 0.662. The van der Waals surface area contributed by atoms with Gasteiger partial charge in [0.15, 0.2) is 0 Å². The van der Waals surface area contributed by atoms with Gasteiger partial charge in [-0.25, -0.2) is 9.78 Å². The minimum absolute atomic E-state index is 0.00920. The molecule has 1 aromatic rings. The predicted molar refractivity (Wildman–Crippen MR) is 89.7 cm³/mol. The lowest BCUT2D eigenvalue weighted by Crippen LogP contribution is -2.47. The number of urea groups is 1. The van der Waals surface area contributed by atoms with Crippen LogP contribution in [0.4, 0.5) is 10.6 Å². The van der Waals surface area contributed by atoms with Crippen molar-refractivity contribution in [3.05, 3.63) is 22.3 Å². The zero-order valence-electron chi connectivity index (χ0n) is 12.9. The van der Waals surface area contributed by atoms with E-state index >= 15 is 0 Å². The molecule has 0 aliphatic rings. The third-order valence-corrected chi connectivity index (χ3v) is 3.34. The van der Waals surface area contributed by atoms with Crippen molar-refractivity contribution in [1.29, 1.82) is 0 Å². The molecule has 0 fully saturated rings. The van der Waals surface area contributed by atoms with Crippen molar-refractivity contribution in [1.82, 2.24) is 15.2 Å². The highest BCUT2D eigenvalue weighted by molar-refractivity contribution is 6.35. The maximum absolute atomic E-state index is 12.1. The van der Waals surface area contributed by atoms with Gasteiger partial charge in [-0.3, -0.25) is 0 Å². The van der Waals surface area contributed by atoms with Gasteiger partial charge < -0.3 is 20.6 Å². The van der Waals surface area contributed by atoms with Gasteiger partial charge in [-0.2, -0.15) is 0 Å². The first kappa shape index (κ1) is 18.8. The van der Waals surface area contributed by atoms with E-state index < -0.39 is 6.10 Å². The zero-order chi connectivity index (χ0) is 16.7. The molecule has 22 heavy (non-hydrogen) atoms. The number of carbonyl (C=O) groups excluding carboxylic acids is 1. The Bertz CT molecular complexity index is 498. The van der Waals surface area contributed by atoms with Crippen LogP contribution in [0.2, 0.25) is 10.0 Å². The fourth-order valence-corrected chi connectivity index (χ4v) is 2.26. The molecule has 3 N–H and O–H groups in total. The normalized spacial score (nSPS) is 12.1. The molecule has 2 amide bonds. The van der Waals surface area contributed by atoms with E-state index in [0.717, 1.165) is 0 Å². The van der Waals surface area contributed by atoms with Crippen molar-refractivity contribution >= 4 is 35.1 Å². The summed E-state index contributed by atoms with van der Waals surface area (Å²) in [5.41, 5.74) is 0. The maximum Gasteiger partial charge on any atom is 0.317 e. The van der Waals surface area contributed by atoms with Crippen LogP contribution < -0.4 is 10.6 Å². The Kier molecular flexibility index (Phi) is 7.72. The molecule has 0 saturated carbocycles.